The Labute approximate surface area is 296 Å². The molecule has 0 unspecified atom stereocenters. The zero-order valence-electron chi connectivity index (χ0n) is 27.1. The zero-order valence-corrected chi connectivity index (χ0v) is 31.4. The summed E-state index contributed by atoms with van der Waals surface area (Å²) >= 11 is -0.122. The Kier molecular flexibility index (Phi) is 9.42. The third-order valence-electron chi connectivity index (χ3n) is 8.01. The number of nitrogens with zero attached hydrogens (tertiary/aromatic N) is 2. The number of halogens is 1. The van der Waals surface area contributed by atoms with E-state index < -0.39 is 13.3 Å². The molecule has 3 aromatic heterocycles. The molecular weight excluding hydrogens is 836 g/mol. The van der Waals surface area contributed by atoms with Crippen molar-refractivity contribution in [3.63, 3.8) is 0 Å². The van der Waals surface area contributed by atoms with E-state index >= 15 is 0 Å². The van der Waals surface area contributed by atoms with E-state index in [1.807, 2.05) is 54.9 Å². The van der Waals surface area contributed by atoms with E-state index in [9.17, 15) is 4.39 Å². The minimum Gasteiger partial charge on any atom is 0 e. The quantitative estimate of drug-likeness (QED) is 0.130. The van der Waals surface area contributed by atoms with Crippen LogP contribution in [0.2, 0.25) is 17.3 Å². The fraction of sp³-hybridized carbons (Fsp3) is 0.0732. The Bertz CT molecular complexity index is 2350. The molecule has 0 aliphatic rings. The predicted octanol–water partition coefficient (Wildman–Crippen LogP) is 11.0. The van der Waals surface area contributed by atoms with Gasteiger partial charge in [-0.15, -0.1) is 23.8 Å². The van der Waals surface area contributed by atoms with Crippen molar-refractivity contribution in [1.82, 2.24) is 9.97 Å². The number of hydrogen-bond acceptors (Lipinski definition) is 3. The van der Waals surface area contributed by atoms with Crippen molar-refractivity contribution in [2.75, 3.05) is 0 Å². The molecule has 0 saturated carbocycles. The molecule has 0 spiro atoms. The topological polar surface area (TPSA) is 25.8 Å². The summed E-state index contributed by atoms with van der Waals surface area (Å²) in [5, 5.41) is 4.58. The molecule has 0 N–H and O–H groups in total. The Morgan fingerprint density at radius 3 is 2.21 bits per heavy atom. The van der Waals surface area contributed by atoms with Gasteiger partial charge in [0.05, 0.1) is 1.37 Å². The van der Waals surface area contributed by atoms with Gasteiger partial charge in [0.15, 0.2) is 0 Å². The summed E-state index contributed by atoms with van der Waals surface area (Å²) < 4.78 is 25.2. The van der Waals surface area contributed by atoms with E-state index in [1.54, 1.807) is 17.4 Å². The second-order valence-electron chi connectivity index (χ2n) is 12.2. The van der Waals surface area contributed by atoms with Crippen LogP contribution in [0, 0.1) is 17.9 Å². The van der Waals surface area contributed by atoms with Gasteiger partial charge in [-0.25, -0.2) is 0 Å². The summed E-state index contributed by atoms with van der Waals surface area (Å²) in [5.74, 6) is 6.73. The first-order valence-corrected chi connectivity index (χ1v) is 23.3. The van der Waals surface area contributed by atoms with Crippen molar-refractivity contribution in [3.05, 3.63) is 152 Å². The van der Waals surface area contributed by atoms with Gasteiger partial charge in [-0.05, 0) is 43.7 Å². The maximum atomic E-state index is 12.8. The molecule has 2 nitrogen and oxygen atoms in total. The third kappa shape index (κ3) is 7.14. The van der Waals surface area contributed by atoms with E-state index in [-0.39, 0.29) is 25.9 Å². The number of pyridine rings is 2. The third-order valence-corrected chi connectivity index (χ3v) is 13.4. The van der Waals surface area contributed by atoms with E-state index in [4.69, 9.17) is 6.35 Å². The van der Waals surface area contributed by atoms with Crippen LogP contribution in [0.1, 0.15) is 1.37 Å². The number of aromatic nitrogens is 2. The monoisotopic (exact) mass is 870 g/mol. The second-order valence-corrected chi connectivity index (χ2v) is 23.9. The summed E-state index contributed by atoms with van der Waals surface area (Å²) in [7, 11) is 0. The van der Waals surface area contributed by atoms with Crippen LogP contribution in [0.5, 0.6) is 0 Å². The largest absolute Gasteiger partial charge is 0 e. The molecule has 5 aromatic carbocycles. The molecule has 47 heavy (non-hydrogen) atoms. The van der Waals surface area contributed by atoms with Crippen molar-refractivity contribution in [2.45, 2.75) is 17.3 Å². The average Bonchev–Trinajstić information content (AvgIpc) is 3.49. The van der Waals surface area contributed by atoms with Crippen LogP contribution in [-0.4, -0.2) is 23.2 Å². The van der Waals surface area contributed by atoms with Gasteiger partial charge >= 0.3 is 104 Å². The maximum Gasteiger partial charge on any atom is 0 e. The van der Waals surface area contributed by atoms with Crippen LogP contribution in [-0.2, 0) is 20.1 Å². The summed E-state index contributed by atoms with van der Waals surface area (Å²) in [4.78, 5) is 9.15. The number of hydrogen-bond donors (Lipinski definition) is 0. The number of thiophene rings is 1. The smallest absolute Gasteiger partial charge is 0 e. The van der Waals surface area contributed by atoms with Crippen LogP contribution < -0.4 is 4.40 Å². The molecule has 3 heterocycles. The Morgan fingerprint density at radius 1 is 0.723 bits per heavy atom. The van der Waals surface area contributed by atoms with Gasteiger partial charge in [0.2, 0.25) is 0 Å². The molecule has 6 heteroatoms. The van der Waals surface area contributed by atoms with Crippen LogP contribution in [0.25, 0.3) is 64.6 Å². The van der Waals surface area contributed by atoms with Crippen molar-refractivity contribution in [2.24, 2.45) is 0 Å². The fourth-order valence-electron chi connectivity index (χ4n) is 5.43. The van der Waals surface area contributed by atoms with E-state index in [0.29, 0.717) is 6.04 Å². The predicted molar refractivity (Wildman–Crippen MR) is 196 cm³/mol. The normalized spacial score (nSPS) is 11.5. The molecule has 8 aromatic rings. The van der Waals surface area contributed by atoms with Crippen molar-refractivity contribution < 1.29 is 25.9 Å². The Hall–Kier alpha value is -4.00. The molecule has 0 atom stereocenters. The molecule has 0 saturated heterocycles. The van der Waals surface area contributed by atoms with Crippen LogP contribution >= 0.6 is 11.3 Å². The number of fused-ring (bicyclic) bond motifs is 4. The van der Waals surface area contributed by atoms with E-state index in [1.165, 1.54) is 21.9 Å². The molecule has 8 rings (SSSR count). The SMILES string of the molecule is [2H]c1c(-c2ccccc2)ccc2c1sc1c(-c3cc4ccccc4cn3)[c-]ccc12.[CH3][Ge]([CH3])([CH3])[c]1ccc(-c2[c-]cc(F)cc2)nc1.[Ir]. The number of benzene rings is 5. The van der Waals surface area contributed by atoms with Gasteiger partial charge in [-0.3, -0.25) is 0 Å². The molecule has 0 aliphatic carbocycles. The van der Waals surface area contributed by atoms with Crippen molar-refractivity contribution in [3.8, 4) is 33.6 Å². The molecule has 0 aliphatic heterocycles. The van der Waals surface area contributed by atoms with Gasteiger partial charge in [0.1, 0.15) is 0 Å². The molecule has 233 valence electrons. The zero-order chi connectivity index (χ0) is 32.5. The van der Waals surface area contributed by atoms with Crippen molar-refractivity contribution in [1.29, 1.82) is 0 Å². The van der Waals surface area contributed by atoms with Crippen LogP contribution in [0.3, 0.4) is 0 Å². The maximum absolute atomic E-state index is 12.8. The minimum absolute atomic E-state index is 0. The first kappa shape index (κ1) is 31.6. The standard InChI is InChI=1S/C27H16NS.C14H15FGeN.Ir/c1-2-7-18(8-3-1)20-13-14-22-23-11-6-12-24(27(23)29-26(22)16-20)25-15-19-9-4-5-10-21(19)17-28-25;1-16(2,3)13-8-9-14(17-10-13)11-4-6-12(15)7-5-11;/h1-11,13-17H;4,6-10H,1-3H3;/q2*-1;/i16D;;. The molecular formula is C41H31FGeIrN2S-2. The minimum atomic E-state index is -1.79. The van der Waals surface area contributed by atoms with E-state index in [0.717, 1.165) is 59.2 Å². The van der Waals surface area contributed by atoms with Gasteiger partial charge in [0, 0.05) is 31.0 Å². The first-order valence-electron chi connectivity index (χ1n) is 15.7. The van der Waals surface area contributed by atoms with Gasteiger partial charge in [-0.1, -0.05) is 78.2 Å². The molecule has 0 bridgehead atoms. The molecule has 1 radical (unpaired) electrons. The van der Waals surface area contributed by atoms with Crippen LogP contribution in [0.15, 0.2) is 134 Å². The Morgan fingerprint density at radius 2 is 1.49 bits per heavy atom. The summed E-state index contributed by atoms with van der Waals surface area (Å²) in [6, 6.07) is 44.3. The summed E-state index contributed by atoms with van der Waals surface area (Å²) in [5.41, 5.74) is 5.63. The molecule has 0 amide bonds. The number of rotatable bonds is 4. The van der Waals surface area contributed by atoms with Gasteiger partial charge < -0.3 is 4.98 Å². The van der Waals surface area contributed by atoms with Crippen LogP contribution in [0.4, 0.5) is 4.39 Å². The fourth-order valence-corrected chi connectivity index (χ4v) is 8.81. The summed E-state index contributed by atoms with van der Waals surface area (Å²) in [6.07, 6.45) is 3.88. The van der Waals surface area contributed by atoms with E-state index in [2.05, 4.69) is 89.0 Å². The van der Waals surface area contributed by atoms with Gasteiger partial charge in [-0.2, -0.15) is 11.3 Å². The Balaban J connectivity index is 0.000000191. The molecule has 0 fully saturated rings. The van der Waals surface area contributed by atoms with Crippen molar-refractivity contribution >= 4 is 59.9 Å². The van der Waals surface area contributed by atoms with Gasteiger partial charge in [0.25, 0.3) is 0 Å². The summed E-state index contributed by atoms with van der Waals surface area (Å²) in [6.45, 7) is 0. The second kappa shape index (κ2) is 14.0. The first-order chi connectivity index (χ1) is 22.8. The average molecular weight is 869 g/mol.